The molecule has 35 heavy (non-hydrogen) atoms. The number of carboxylic acid groups (broad SMARTS) is 1. The fourth-order valence-corrected chi connectivity index (χ4v) is 4.86. The number of nitrogens with one attached hydrogen (secondary N) is 1. The van der Waals surface area contributed by atoms with Gasteiger partial charge in [-0.2, -0.15) is 0 Å². The summed E-state index contributed by atoms with van der Waals surface area (Å²) >= 11 is 0. The van der Waals surface area contributed by atoms with Gasteiger partial charge >= 0.3 is 5.97 Å². The molecule has 3 heterocycles. The van der Waals surface area contributed by atoms with Crippen molar-refractivity contribution < 1.29 is 33.9 Å². The largest absolute Gasteiger partial charge is 0.479 e. The summed E-state index contributed by atoms with van der Waals surface area (Å²) in [6.07, 6.45) is 2.79. The Kier molecular flexibility index (Phi) is 6.70. The predicted molar refractivity (Wildman–Crippen MR) is 121 cm³/mol. The van der Waals surface area contributed by atoms with Crippen molar-refractivity contribution in [3.8, 4) is 0 Å². The van der Waals surface area contributed by atoms with E-state index in [1.807, 2.05) is 4.90 Å². The molecular weight excluding hydrogens is 456 g/mol. The smallest absolute Gasteiger partial charge is 0.331 e. The van der Waals surface area contributed by atoms with Crippen LogP contribution in [0.15, 0.2) is 24.3 Å². The first kappa shape index (κ1) is 24.5. The number of carboxylic acids is 1. The Hall–Kier alpha value is -3.60. The van der Waals surface area contributed by atoms with E-state index in [2.05, 4.69) is 5.32 Å². The Morgan fingerprint density at radius 2 is 1.63 bits per heavy atom. The minimum absolute atomic E-state index is 0.0163. The molecule has 2 atom stereocenters. The number of likely N-dealkylation sites (tertiary alicyclic amines) is 2. The molecule has 0 aromatic heterocycles. The number of benzene rings is 1. The second-order valence-corrected chi connectivity index (χ2v) is 9.42. The first-order valence-corrected chi connectivity index (χ1v) is 11.7. The fraction of sp³-hybridized carbons (Fsp3) is 0.500. The van der Waals surface area contributed by atoms with Crippen LogP contribution in [0.4, 0.5) is 0 Å². The van der Waals surface area contributed by atoms with Crippen LogP contribution in [0.2, 0.25) is 0 Å². The molecule has 0 aliphatic carbocycles. The van der Waals surface area contributed by atoms with Gasteiger partial charge in [-0.05, 0) is 51.4 Å². The molecule has 3 aliphatic rings. The molecule has 0 saturated carbocycles. The average Bonchev–Trinajstić information content (AvgIpc) is 3.07. The number of carbonyl (C=O) groups excluding carboxylic acids is 5. The number of hydrogen-bond donors (Lipinski definition) is 2. The molecule has 186 valence electrons. The molecule has 1 aromatic rings. The zero-order valence-corrected chi connectivity index (χ0v) is 19.5. The van der Waals surface area contributed by atoms with E-state index in [4.69, 9.17) is 0 Å². The Labute approximate surface area is 202 Å². The lowest BCUT2D eigenvalue weighted by molar-refractivity contribution is -0.157. The molecule has 0 radical (unpaired) electrons. The van der Waals surface area contributed by atoms with Crippen LogP contribution in [0.1, 0.15) is 59.7 Å². The van der Waals surface area contributed by atoms with Gasteiger partial charge < -0.3 is 10.4 Å². The summed E-state index contributed by atoms with van der Waals surface area (Å²) in [6, 6.07) is 4.96. The molecule has 11 heteroatoms. The van der Waals surface area contributed by atoms with Gasteiger partial charge in [0.2, 0.25) is 11.8 Å². The normalized spacial score (nSPS) is 22.7. The SMILES string of the molecule is C[C@@](CN1C(=O)CCC(N2C(=O)c3ccccc3C2=O)C1=O)(NC(=O)CN1CCCCC1)C(=O)O. The molecule has 4 rings (SSSR count). The van der Waals surface area contributed by atoms with E-state index in [1.165, 1.54) is 19.1 Å². The van der Waals surface area contributed by atoms with Gasteiger partial charge in [0, 0.05) is 6.42 Å². The number of rotatable bonds is 7. The van der Waals surface area contributed by atoms with Gasteiger partial charge in [-0.15, -0.1) is 0 Å². The third-order valence-corrected chi connectivity index (χ3v) is 6.80. The quantitative estimate of drug-likeness (QED) is 0.524. The van der Waals surface area contributed by atoms with Crippen LogP contribution in [-0.4, -0.2) is 93.1 Å². The first-order chi connectivity index (χ1) is 16.6. The molecule has 1 aromatic carbocycles. The predicted octanol–water partition coefficient (Wildman–Crippen LogP) is 0.246. The van der Waals surface area contributed by atoms with E-state index in [0.29, 0.717) is 0 Å². The van der Waals surface area contributed by atoms with Crippen LogP contribution in [0.3, 0.4) is 0 Å². The minimum Gasteiger partial charge on any atom is -0.479 e. The van der Waals surface area contributed by atoms with Crippen LogP contribution in [0.5, 0.6) is 0 Å². The summed E-state index contributed by atoms with van der Waals surface area (Å²) in [5.41, 5.74) is -1.59. The summed E-state index contributed by atoms with van der Waals surface area (Å²) in [6.45, 7) is 2.11. The maximum Gasteiger partial charge on any atom is 0.331 e. The first-order valence-electron chi connectivity index (χ1n) is 11.7. The summed E-state index contributed by atoms with van der Waals surface area (Å²) < 4.78 is 0. The lowest BCUT2D eigenvalue weighted by Crippen LogP contribution is -2.65. The molecule has 2 N–H and O–H groups in total. The van der Waals surface area contributed by atoms with Crippen LogP contribution in [-0.2, 0) is 19.2 Å². The van der Waals surface area contributed by atoms with Crippen molar-refractivity contribution in [2.24, 2.45) is 0 Å². The standard InChI is InChI=1S/C24H28N4O7/c1-24(23(34)35,25-18(29)13-26-11-5-2-6-12-26)14-27-19(30)10-9-17(22(27)33)28-20(31)15-7-3-4-8-16(15)21(28)32/h3-4,7-8,17H,2,5-6,9-14H2,1H3,(H,25,29)(H,34,35)/t17?,24-/m0/s1. The molecule has 0 spiro atoms. The lowest BCUT2D eigenvalue weighted by Gasteiger charge is -2.38. The molecule has 2 fully saturated rings. The molecule has 5 amide bonds. The van der Waals surface area contributed by atoms with Gasteiger partial charge in [0.1, 0.15) is 6.04 Å². The second-order valence-electron chi connectivity index (χ2n) is 9.42. The van der Waals surface area contributed by atoms with E-state index in [-0.39, 0.29) is 30.5 Å². The molecule has 11 nitrogen and oxygen atoms in total. The molecule has 3 aliphatic heterocycles. The van der Waals surface area contributed by atoms with Gasteiger partial charge in [0.05, 0.1) is 24.2 Å². The summed E-state index contributed by atoms with van der Waals surface area (Å²) in [5.74, 6) is -4.66. The number of aliphatic carboxylic acids is 1. The number of fused-ring (bicyclic) bond motifs is 1. The highest BCUT2D eigenvalue weighted by atomic mass is 16.4. The van der Waals surface area contributed by atoms with Crippen LogP contribution >= 0.6 is 0 Å². The maximum absolute atomic E-state index is 13.3. The highest BCUT2D eigenvalue weighted by Gasteiger charge is 2.49. The zero-order valence-electron chi connectivity index (χ0n) is 19.5. The Balaban J connectivity index is 1.50. The van der Waals surface area contributed by atoms with E-state index in [9.17, 15) is 33.9 Å². The molecule has 2 saturated heterocycles. The number of imide groups is 2. The average molecular weight is 485 g/mol. The van der Waals surface area contributed by atoms with E-state index >= 15 is 0 Å². The summed E-state index contributed by atoms with van der Waals surface area (Å²) in [7, 11) is 0. The molecular formula is C24H28N4O7. The van der Waals surface area contributed by atoms with Crippen molar-refractivity contribution in [2.45, 2.75) is 50.6 Å². The third-order valence-electron chi connectivity index (χ3n) is 6.80. The number of carbonyl (C=O) groups is 6. The highest BCUT2D eigenvalue weighted by Crippen LogP contribution is 2.29. The van der Waals surface area contributed by atoms with Crippen molar-refractivity contribution in [1.82, 2.24) is 20.0 Å². The minimum atomic E-state index is -1.94. The van der Waals surface area contributed by atoms with E-state index < -0.39 is 53.6 Å². The molecule has 1 unspecified atom stereocenters. The fourth-order valence-electron chi connectivity index (χ4n) is 4.86. The van der Waals surface area contributed by atoms with Gasteiger partial charge in [0.15, 0.2) is 5.54 Å². The van der Waals surface area contributed by atoms with Crippen molar-refractivity contribution in [3.63, 3.8) is 0 Å². The Morgan fingerprint density at radius 3 is 2.20 bits per heavy atom. The van der Waals surface area contributed by atoms with Crippen molar-refractivity contribution >= 4 is 35.5 Å². The van der Waals surface area contributed by atoms with Crippen LogP contribution in [0.25, 0.3) is 0 Å². The Bertz CT molecular complexity index is 1060. The van der Waals surface area contributed by atoms with Gasteiger partial charge in [-0.3, -0.25) is 38.7 Å². The van der Waals surface area contributed by atoms with Gasteiger partial charge in [0.25, 0.3) is 17.7 Å². The third kappa shape index (κ3) is 4.68. The number of piperidine rings is 2. The number of nitrogens with zero attached hydrogens (tertiary/aromatic N) is 3. The van der Waals surface area contributed by atoms with Crippen molar-refractivity contribution in [1.29, 1.82) is 0 Å². The zero-order chi connectivity index (χ0) is 25.3. The maximum atomic E-state index is 13.3. The van der Waals surface area contributed by atoms with Gasteiger partial charge in [-0.25, -0.2) is 4.79 Å². The summed E-state index contributed by atoms with van der Waals surface area (Å²) in [4.78, 5) is 80.0. The summed E-state index contributed by atoms with van der Waals surface area (Å²) in [5, 5.41) is 12.3. The Morgan fingerprint density at radius 1 is 1.03 bits per heavy atom. The second kappa shape index (κ2) is 9.57. The van der Waals surface area contributed by atoms with Crippen LogP contribution < -0.4 is 5.32 Å². The topological polar surface area (TPSA) is 144 Å². The van der Waals surface area contributed by atoms with Crippen molar-refractivity contribution in [2.75, 3.05) is 26.2 Å². The van der Waals surface area contributed by atoms with Gasteiger partial charge in [-0.1, -0.05) is 18.6 Å². The lowest BCUT2D eigenvalue weighted by atomic mass is 9.96. The highest BCUT2D eigenvalue weighted by molar-refractivity contribution is 6.23. The monoisotopic (exact) mass is 484 g/mol. The van der Waals surface area contributed by atoms with E-state index in [0.717, 1.165) is 42.2 Å². The molecule has 0 bridgehead atoms. The van der Waals surface area contributed by atoms with Crippen molar-refractivity contribution in [3.05, 3.63) is 35.4 Å². The number of hydrogen-bond acceptors (Lipinski definition) is 7. The van der Waals surface area contributed by atoms with E-state index in [1.54, 1.807) is 12.1 Å². The van der Waals surface area contributed by atoms with Crippen LogP contribution in [0, 0.1) is 0 Å². The number of amides is 5.